The third kappa shape index (κ3) is 2.01. The lowest BCUT2D eigenvalue weighted by atomic mass is 10.1. The fourth-order valence-corrected chi connectivity index (χ4v) is 2.51. The van der Waals surface area contributed by atoms with Crippen LogP contribution in [0.5, 0.6) is 0 Å². The van der Waals surface area contributed by atoms with Crippen molar-refractivity contribution >= 4 is 28.5 Å². The Bertz CT molecular complexity index is 643. The summed E-state index contributed by atoms with van der Waals surface area (Å²) < 4.78 is 5.27. The summed E-state index contributed by atoms with van der Waals surface area (Å²) in [6.07, 6.45) is 2.56. The average molecular weight is 280 g/mol. The molecular weight excluding hydrogens is 266 g/mol. The molecule has 1 heterocycles. The summed E-state index contributed by atoms with van der Waals surface area (Å²) in [4.78, 5) is 12.3. The van der Waals surface area contributed by atoms with Crippen LogP contribution >= 0.6 is 11.6 Å². The van der Waals surface area contributed by atoms with E-state index in [-0.39, 0.29) is 5.91 Å². The first-order valence-electron chi connectivity index (χ1n) is 6.20. The van der Waals surface area contributed by atoms with E-state index >= 15 is 0 Å². The number of hydrogen-bond acceptors (Lipinski definition) is 3. The number of benzene rings is 1. The predicted molar refractivity (Wildman–Crippen MR) is 72.3 cm³/mol. The summed E-state index contributed by atoms with van der Waals surface area (Å²) >= 11 is 6.01. The molecule has 2 aromatic rings. The third-order valence-corrected chi connectivity index (χ3v) is 4.06. The van der Waals surface area contributed by atoms with E-state index in [0.29, 0.717) is 21.6 Å². The molecule has 5 heteroatoms. The first-order valence-corrected chi connectivity index (χ1v) is 6.57. The van der Waals surface area contributed by atoms with Gasteiger partial charge < -0.3 is 14.8 Å². The second kappa shape index (κ2) is 4.25. The molecule has 3 rings (SSSR count). The van der Waals surface area contributed by atoms with Crippen molar-refractivity contribution in [2.75, 3.05) is 0 Å². The highest BCUT2D eigenvalue weighted by molar-refractivity contribution is 6.35. The number of aliphatic hydroxyl groups excluding tert-OH is 1. The van der Waals surface area contributed by atoms with E-state index in [1.54, 1.807) is 25.1 Å². The number of rotatable bonds is 3. The summed E-state index contributed by atoms with van der Waals surface area (Å²) in [5.74, 6) is -0.207. The normalized spacial score (nSPS) is 18.3. The molecule has 1 aromatic carbocycles. The molecule has 0 saturated heterocycles. The molecule has 0 radical (unpaired) electrons. The molecule has 0 bridgehead atoms. The minimum absolute atomic E-state index is 0.207. The van der Waals surface area contributed by atoms with Gasteiger partial charge in [0.1, 0.15) is 0 Å². The summed E-state index contributed by atoms with van der Waals surface area (Å²) in [6, 6.07) is 5.04. The van der Waals surface area contributed by atoms with E-state index in [4.69, 9.17) is 16.0 Å². The molecule has 19 heavy (non-hydrogen) atoms. The number of halogens is 1. The van der Waals surface area contributed by atoms with Crippen molar-refractivity contribution in [1.29, 1.82) is 0 Å². The Labute approximate surface area is 115 Å². The number of fused-ring (bicyclic) bond motifs is 1. The van der Waals surface area contributed by atoms with Gasteiger partial charge in [-0.15, -0.1) is 0 Å². The minimum atomic E-state index is -0.552. The van der Waals surface area contributed by atoms with E-state index in [9.17, 15) is 9.90 Å². The second-order valence-electron chi connectivity index (χ2n) is 5.04. The molecule has 1 saturated carbocycles. The SMILES string of the molecule is CC(O)C1(NC(=O)c2ccc(Cl)c3occc23)CC1. The van der Waals surface area contributed by atoms with Crippen LogP contribution in [0.3, 0.4) is 0 Å². The van der Waals surface area contributed by atoms with Gasteiger partial charge in [0.15, 0.2) is 5.58 Å². The zero-order valence-corrected chi connectivity index (χ0v) is 11.2. The van der Waals surface area contributed by atoms with Crippen LogP contribution in [-0.2, 0) is 0 Å². The van der Waals surface area contributed by atoms with E-state index in [2.05, 4.69) is 5.32 Å². The van der Waals surface area contributed by atoms with Gasteiger partial charge in [-0.25, -0.2) is 0 Å². The lowest BCUT2D eigenvalue weighted by molar-refractivity contribution is 0.0832. The zero-order valence-electron chi connectivity index (χ0n) is 10.4. The van der Waals surface area contributed by atoms with Gasteiger partial charge in [-0.2, -0.15) is 0 Å². The molecule has 1 unspecified atom stereocenters. The highest BCUT2D eigenvalue weighted by Crippen LogP contribution is 2.39. The van der Waals surface area contributed by atoms with E-state index < -0.39 is 11.6 Å². The van der Waals surface area contributed by atoms with Crippen LogP contribution in [0.2, 0.25) is 5.02 Å². The fourth-order valence-electron chi connectivity index (χ4n) is 2.30. The molecule has 1 aliphatic rings. The summed E-state index contributed by atoms with van der Waals surface area (Å²) in [7, 11) is 0. The van der Waals surface area contributed by atoms with Crippen LogP contribution in [-0.4, -0.2) is 22.7 Å². The van der Waals surface area contributed by atoms with Gasteiger partial charge >= 0.3 is 0 Å². The smallest absolute Gasteiger partial charge is 0.252 e. The quantitative estimate of drug-likeness (QED) is 0.908. The number of furan rings is 1. The van der Waals surface area contributed by atoms with Gasteiger partial charge in [0.05, 0.1) is 28.5 Å². The summed E-state index contributed by atoms with van der Waals surface area (Å²) in [5.41, 5.74) is 0.559. The van der Waals surface area contributed by atoms with Crippen molar-refractivity contribution < 1.29 is 14.3 Å². The van der Waals surface area contributed by atoms with Crippen LogP contribution in [0.15, 0.2) is 28.9 Å². The molecule has 1 aromatic heterocycles. The molecular formula is C14H14ClNO3. The fraction of sp³-hybridized carbons (Fsp3) is 0.357. The maximum Gasteiger partial charge on any atom is 0.252 e. The number of hydrogen-bond donors (Lipinski definition) is 2. The van der Waals surface area contributed by atoms with E-state index in [1.807, 2.05) is 0 Å². The van der Waals surface area contributed by atoms with Gasteiger partial charge in [-0.05, 0) is 38.0 Å². The zero-order chi connectivity index (χ0) is 13.6. The number of carbonyl (C=O) groups excluding carboxylic acids is 1. The van der Waals surface area contributed by atoms with Crippen LogP contribution < -0.4 is 5.32 Å². The lowest BCUT2D eigenvalue weighted by Crippen LogP contribution is -2.44. The molecule has 0 aliphatic heterocycles. The monoisotopic (exact) mass is 279 g/mol. The van der Waals surface area contributed by atoms with Gasteiger partial charge in [-0.3, -0.25) is 4.79 Å². The van der Waals surface area contributed by atoms with Gasteiger partial charge in [-0.1, -0.05) is 11.6 Å². The van der Waals surface area contributed by atoms with Crippen LogP contribution in [0.4, 0.5) is 0 Å². The van der Waals surface area contributed by atoms with E-state index in [0.717, 1.165) is 12.8 Å². The molecule has 100 valence electrons. The van der Waals surface area contributed by atoms with Gasteiger partial charge in [0.25, 0.3) is 5.91 Å². The van der Waals surface area contributed by atoms with Crippen LogP contribution in [0, 0.1) is 0 Å². The Kier molecular flexibility index (Phi) is 2.80. The van der Waals surface area contributed by atoms with Crippen LogP contribution in [0.25, 0.3) is 11.0 Å². The minimum Gasteiger partial charge on any atom is -0.463 e. The van der Waals surface area contributed by atoms with Crippen molar-refractivity contribution in [3.05, 3.63) is 35.0 Å². The molecule has 2 N–H and O–H groups in total. The Morgan fingerprint density at radius 2 is 2.21 bits per heavy atom. The predicted octanol–water partition coefficient (Wildman–Crippen LogP) is 2.73. The Morgan fingerprint density at radius 1 is 1.47 bits per heavy atom. The van der Waals surface area contributed by atoms with Gasteiger partial charge in [0, 0.05) is 5.39 Å². The summed E-state index contributed by atoms with van der Waals surface area (Å²) in [5, 5.41) is 13.8. The Morgan fingerprint density at radius 3 is 2.84 bits per heavy atom. The molecule has 1 aliphatic carbocycles. The first kappa shape index (κ1) is 12.5. The summed E-state index contributed by atoms with van der Waals surface area (Å²) in [6.45, 7) is 1.70. The Hall–Kier alpha value is -1.52. The Balaban J connectivity index is 1.94. The molecule has 1 amide bonds. The second-order valence-corrected chi connectivity index (χ2v) is 5.45. The molecule has 1 atom stereocenters. The highest BCUT2D eigenvalue weighted by Gasteiger charge is 2.48. The number of aliphatic hydroxyl groups is 1. The van der Waals surface area contributed by atoms with Gasteiger partial charge in [0.2, 0.25) is 0 Å². The van der Waals surface area contributed by atoms with Crippen LogP contribution in [0.1, 0.15) is 30.1 Å². The lowest BCUT2D eigenvalue weighted by Gasteiger charge is -2.20. The first-order chi connectivity index (χ1) is 9.03. The standard InChI is InChI=1S/C14H14ClNO3/c1-8(17)14(5-6-14)16-13(18)10-2-3-11(15)12-9(10)4-7-19-12/h2-4,7-8,17H,5-6H2,1H3,(H,16,18). The maximum atomic E-state index is 12.3. The van der Waals surface area contributed by atoms with E-state index in [1.165, 1.54) is 6.26 Å². The topological polar surface area (TPSA) is 62.5 Å². The third-order valence-electron chi connectivity index (χ3n) is 3.76. The molecule has 4 nitrogen and oxygen atoms in total. The number of nitrogens with one attached hydrogen (secondary N) is 1. The molecule has 0 spiro atoms. The average Bonchev–Trinajstić information content (AvgIpc) is 2.98. The van der Waals surface area contributed by atoms with Crippen molar-refractivity contribution in [3.8, 4) is 0 Å². The number of carbonyl (C=O) groups is 1. The van der Waals surface area contributed by atoms with Crippen molar-refractivity contribution in [2.45, 2.75) is 31.4 Å². The van der Waals surface area contributed by atoms with Crippen molar-refractivity contribution in [2.24, 2.45) is 0 Å². The van der Waals surface area contributed by atoms with Crippen molar-refractivity contribution in [3.63, 3.8) is 0 Å². The highest BCUT2D eigenvalue weighted by atomic mass is 35.5. The number of amides is 1. The largest absolute Gasteiger partial charge is 0.463 e. The van der Waals surface area contributed by atoms with Crippen molar-refractivity contribution in [1.82, 2.24) is 5.32 Å². The molecule has 1 fully saturated rings. The maximum absolute atomic E-state index is 12.3.